The number of hydrogen-bond acceptors (Lipinski definition) is 3. The lowest BCUT2D eigenvalue weighted by molar-refractivity contribution is 0.975. The summed E-state index contributed by atoms with van der Waals surface area (Å²) in [5.41, 5.74) is 2.04. The zero-order valence-electron chi connectivity index (χ0n) is 9.95. The summed E-state index contributed by atoms with van der Waals surface area (Å²) in [6.45, 7) is 2.67. The first-order chi connectivity index (χ1) is 8.67. The Bertz CT molecular complexity index is 526. The standard InChI is InChI=1S/C13H13Cl2N3/c1-2-11-7-12(15)18-13(17-11)16-8-9-3-5-10(14)6-4-9/h3-7H,2,8H2,1H3,(H,16,17,18). The summed E-state index contributed by atoms with van der Waals surface area (Å²) in [6.07, 6.45) is 0.831. The summed E-state index contributed by atoms with van der Waals surface area (Å²) >= 11 is 11.7. The maximum absolute atomic E-state index is 5.92. The number of anilines is 1. The molecule has 0 aliphatic carbocycles. The van der Waals surface area contributed by atoms with Gasteiger partial charge >= 0.3 is 0 Å². The molecule has 1 aromatic heterocycles. The number of aromatic nitrogens is 2. The molecule has 1 heterocycles. The van der Waals surface area contributed by atoms with Crippen LogP contribution in [-0.2, 0) is 13.0 Å². The Labute approximate surface area is 116 Å². The molecule has 0 amide bonds. The molecule has 0 saturated carbocycles. The Morgan fingerprint density at radius 2 is 1.83 bits per heavy atom. The fourth-order valence-electron chi connectivity index (χ4n) is 1.51. The number of aryl methyl sites for hydroxylation is 1. The van der Waals surface area contributed by atoms with Crippen molar-refractivity contribution < 1.29 is 0 Å². The molecule has 0 spiro atoms. The molecule has 2 rings (SSSR count). The molecule has 0 radical (unpaired) electrons. The van der Waals surface area contributed by atoms with Crippen LogP contribution in [0.15, 0.2) is 30.3 Å². The highest BCUT2D eigenvalue weighted by Crippen LogP contribution is 2.13. The normalized spacial score (nSPS) is 10.4. The summed E-state index contributed by atoms with van der Waals surface area (Å²) in [5.74, 6) is 0.550. The quantitative estimate of drug-likeness (QED) is 0.862. The summed E-state index contributed by atoms with van der Waals surface area (Å²) < 4.78 is 0. The zero-order chi connectivity index (χ0) is 13.0. The highest BCUT2D eigenvalue weighted by atomic mass is 35.5. The van der Waals surface area contributed by atoms with Crippen molar-refractivity contribution in [2.45, 2.75) is 19.9 Å². The Morgan fingerprint density at radius 1 is 1.11 bits per heavy atom. The van der Waals surface area contributed by atoms with E-state index >= 15 is 0 Å². The fourth-order valence-corrected chi connectivity index (χ4v) is 1.84. The topological polar surface area (TPSA) is 37.8 Å². The van der Waals surface area contributed by atoms with E-state index in [2.05, 4.69) is 15.3 Å². The molecule has 0 fully saturated rings. The predicted molar refractivity (Wildman–Crippen MR) is 75.2 cm³/mol. The third kappa shape index (κ3) is 3.59. The van der Waals surface area contributed by atoms with Gasteiger partial charge in [-0.15, -0.1) is 0 Å². The molecule has 0 bridgehead atoms. The molecule has 1 N–H and O–H groups in total. The number of nitrogens with one attached hydrogen (secondary N) is 1. The van der Waals surface area contributed by atoms with E-state index in [0.29, 0.717) is 17.6 Å². The van der Waals surface area contributed by atoms with E-state index in [0.717, 1.165) is 22.7 Å². The first-order valence-corrected chi connectivity index (χ1v) is 6.44. The monoisotopic (exact) mass is 281 g/mol. The highest BCUT2D eigenvalue weighted by molar-refractivity contribution is 6.30. The first kappa shape index (κ1) is 13.1. The van der Waals surface area contributed by atoms with Crippen LogP contribution in [0.25, 0.3) is 0 Å². The molecule has 94 valence electrons. The average Bonchev–Trinajstić information content (AvgIpc) is 2.37. The maximum atomic E-state index is 5.92. The molecule has 0 aliphatic heterocycles. The summed E-state index contributed by atoms with van der Waals surface area (Å²) in [5, 5.41) is 4.33. The van der Waals surface area contributed by atoms with Gasteiger partial charge in [0, 0.05) is 17.3 Å². The van der Waals surface area contributed by atoms with Gasteiger partial charge in [0.2, 0.25) is 5.95 Å². The van der Waals surface area contributed by atoms with Crippen LogP contribution >= 0.6 is 23.2 Å². The van der Waals surface area contributed by atoms with Crippen LogP contribution in [-0.4, -0.2) is 9.97 Å². The fraction of sp³-hybridized carbons (Fsp3) is 0.231. The smallest absolute Gasteiger partial charge is 0.224 e. The molecule has 0 atom stereocenters. The van der Waals surface area contributed by atoms with Gasteiger partial charge in [-0.2, -0.15) is 0 Å². The van der Waals surface area contributed by atoms with Gasteiger partial charge < -0.3 is 5.32 Å². The molecule has 5 heteroatoms. The second-order valence-electron chi connectivity index (χ2n) is 3.84. The molecule has 0 saturated heterocycles. The number of hydrogen-bond donors (Lipinski definition) is 1. The largest absolute Gasteiger partial charge is 0.350 e. The van der Waals surface area contributed by atoms with E-state index < -0.39 is 0 Å². The van der Waals surface area contributed by atoms with Crippen LogP contribution in [0.1, 0.15) is 18.2 Å². The van der Waals surface area contributed by atoms with E-state index in [9.17, 15) is 0 Å². The minimum Gasteiger partial charge on any atom is -0.350 e. The third-order valence-electron chi connectivity index (χ3n) is 2.47. The van der Waals surface area contributed by atoms with Gasteiger partial charge in [0.15, 0.2) is 0 Å². The summed E-state index contributed by atoms with van der Waals surface area (Å²) in [4.78, 5) is 8.48. The van der Waals surface area contributed by atoms with Gasteiger partial charge in [0.1, 0.15) is 5.15 Å². The number of benzene rings is 1. The van der Waals surface area contributed by atoms with Crippen molar-refractivity contribution in [3.05, 3.63) is 51.8 Å². The van der Waals surface area contributed by atoms with Crippen molar-refractivity contribution in [3.8, 4) is 0 Å². The van der Waals surface area contributed by atoms with Crippen LogP contribution in [0.4, 0.5) is 5.95 Å². The van der Waals surface area contributed by atoms with Gasteiger partial charge in [0.25, 0.3) is 0 Å². The number of rotatable bonds is 4. The Balaban J connectivity index is 2.05. The Morgan fingerprint density at radius 3 is 2.50 bits per heavy atom. The lowest BCUT2D eigenvalue weighted by Crippen LogP contribution is -2.05. The van der Waals surface area contributed by atoms with E-state index in [1.807, 2.05) is 31.2 Å². The SMILES string of the molecule is CCc1cc(Cl)nc(NCc2ccc(Cl)cc2)n1. The predicted octanol–water partition coefficient (Wildman–Crippen LogP) is 3.96. The molecular formula is C13H13Cl2N3. The summed E-state index contributed by atoms with van der Waals surface area (Å²) in [7, 11) is 0. The number of nitrogens with zero attached hydrogens (tertiary/aromatic N) is 2. The molecule has 1 aromatic carbocycles. The van der Waals surface area contributed by atoms with Crippen molar-refractivity contribution in [2.75, 3.05) is 5.32 Å². The average molecular weight is 282 g/mol. The van der Waals surface area contributed by atoms with Gasteiger partial charge in [0.05, 0.1) is 0 Å². The van der Waals surface area contributed by atoms with Gasteiger partial charge in [-0.25, -0.2) is 9.97 Å². The minimum atomic E-state index is 0.459. The lowest BCUT2D eigenvalue weighted by atomic mass is 10.2. The van der Waals surface area contributed by atoms with Crippen LogP contribution in [0.2, 0.25) is 10.2 Å². The van der Waals surface area contributed by atoms with Gasteiger partial charge in [-0.1, -0.05) is 42.3 Å². The first-order valence-electron chi connectivity index (χ1n) is 5.69. The molecule has 2 aromatic rings. The second kappa shape index (κ2) is 6.03. The number of halogens is 2. The van der Waals surface area contributed by atoms with Crippen molar-refractivity contribution in [3.63, 3.8) is 0 Å². The molecule has 0 unspecified atom stereocenters. The highest BCUT2D eigenvalue weighted by Gasteiger charge is 2.02. The van der Waals surface area contributed by atoms with Crippen LogP contribution in [0.3, 0.4) is 0 Å². The van der Waals surface area contributed by atoms with Crippen LogP contribution < -0.4 is 5.32 Å². The van der Waals surface area contributed by atoms with Gasteiger partial charge in [-0.3, -0.25) is 0 Å². The van der Waals surface area contributed by atoms with Crippen LogP contribution in [0, 0.1) is 0 Å². The zero-order valence-corrected chi connectivity index (χ0v) is 11.5. The van der Waals surface area contributed by atoms with Gasteiger partial charge in [-0.05, 0) is 30.2 Å². The van der Waals surface area contributed by atoms with E-state index in [4.69, 9.17) is 23.2 Å². The molecule has 18 heavy (non-hydrogen) atoms. The molecule has 0 aliphatic rings. The minimum absolute atomic E-state index is 0.459. The molecular weight excluding hydrogens is 269 g/mol. The Hall–Kier alpha value is -1.32. The lowest BCUT2D eigenvalue weighted by Gasteiger charge is -2.07. The van der Waals surface area contributed by atoms with Crippen molar-refractivity contribution >= 4 is 29.2 Å². The van der Waals surface area contributed by atoms with E-state index in [-0.39, 0.29) is 0 Å². The van der Waals surface area contributed by atoms with Crippen molar-refractivity contribution in [2.24, 2.45) is 0 Å². The van der Waals surface area contributed by atoms with Crippen molar-refractivity contribution in [1.29, 1.82) is 0 Å². The maximum Gasteiger partial charge on any atom is 0.224 e. The van der Waals surface area contributed by atoms with E-state index in [1.165, 1.54) is 0 Å². The van der Waals surface area contributed by atoms with Crippen LogP contribution in [0.5, 0.6) is 0 Å². The third-order valence-corrected chi connectivity index (χ3v) is 2.92. The Kier molecular flexibility index (Phi) is 4.39. The molecule has 3 nitrogen and oxygen atoms in total. The summed E-state index contributed by atoms with van der Waals surface area (Å²) in [6, 6.07) is 9.40. The van der Waals surface area contributed by atoms with Crippen molar-refractivity contribution in [1.82, 2.24) is 9.97 Å². The second-order valence-corrected chi connectivity index (χ2v) is 4.66. The van der Waals surface area contributed by atoms with E-state index in [1.54, 1.807) is 6.07 Å².